The smallest absolute Gasteiger partial charge is 0.455 e. The summed E-state index contributed by atoms with van der Waals surface area (Å²) in [7, 11) is 0. The highest BCUT2D eigenvalue weighted by molar-refractivity contribution is 5.79. The predicted molar refractivity (Wildman–Crippen MR) is 68.7 cm³/mol. The Hall–Kier alpha value is -1.80. The zero-order valence-electron chi connectivity index (χ0n) is 16.1. The Morgan fingerprint density at radius 3 is 1.18 bits per heavy atom. The molecule has 0 heterocycles. The molecule has 21 heteroatoms. The summed E-state index contributed by atoms with van der Waals surface area (Å²) in [6.45, 7) is 1.87. The number of hydrogen-bond donors (Lipinski definition) is 0. The minimum Gasteiger partial charge on any atom is -0.455 e. The predicted octanol–water partition coefficient (Wildman–Crippen LogP) is 6.20. The lowest BCUT2D eigenvalue weighted by Gasteiger charge is -2.40. The molecule has 0 aromatic heterocycles. The van der Waals surface area contributed by atoms with Gasteiger partial charge in [0, 0.05) is 0 Å². The summed E-state index contributed by atoms with van der Waals surface area (Å²) in [5, 5.41) is 0. The van der Waals surface area contributed by atoms with Crippen molar-refractivity contribution in [1.29, 1.82) is 0 Å². The van der Waals surface area contributed by atoms with Gasteiger partial charge in [0.1, 0.15) is 5.60 Å². The van der Waals surface area contributed by atoms with E-state index in [1.807, 2.05) is 4.74 Å². The quantitative estimate of drug-likeness (QED) is 0.279. The number of carbonyl (C=O) groups is 1. The zero-order chi connectivity index (χ0) is 28.2. The highest BCUT2D eigenvalue weighted by Gasteiger charge is 2.85. The van der Waals surface area contributed by atoms with Gasteiger partial charge in [-0.1, -0.05) is 0 Å². The van der Waals surface area contributed by atoms with Crippen LogP contribution < -0.4 is 0 Å². The molecule has 0 aliphatic carbocycles. The normalized spacial score (nSPS) is 18.8. The number of rotatable bonds is 7. The van der Waals surface area contributed by atoms with Crippen molar-refractivity contribution < 1.29 is 93.6 Å². The number of hydrogen-bond acceptors (Lipinski definition) is 4. The summed E-state index contributed by atoms with van der Waals surface area (Å²) >= 11 is 0. The zero-order valence-corrected chi connectivity index (χ0v) is 16.1. The van der Waals surface area contributed by atoms with Gasteiger partial charge in [0.2, 0.25) is 0 Å². The maximum Gasteiger partial charge on any atom is 0.462 e. The first-order valence-corrected chi connectivity index (χ1v) is 7.64. The van der Waals surface area contributed by atoms with Crippen LogP contribution >= 0.6 is 0 Å². The summed E-state index contributed by atoms with van der Waals surface area (Å²) in [5.41, 5.74) is -2.26. The molecule has 0 aliphatic heterocycles. The molecule has 0 spiro atoms. The molecule has 34 heavy (non-hydrogen) atoms. The fourth-order valence-corrected chi connectivity index (χ4v) is 1.49. The van der Waals surface area contributed by atoms with E-state index in [9.17, 15) is 79.4 Å². The van der Waals surface area contributed by atoms with Crippen molar-refractivity contribution in [2.24, 2.45) is 0 Å². The Morgan fingerprint density at radius 2 is 0.912 bits per heavy atom. The summed E-state index contributed by atoms with van der Waals surface area (Å²) in [6.07, 6.45) is -38.6. The molecule has 204 valence electrons. The van der Waals surface area contributed by atoms with Crippen molar-refractivity contribution in [1.82, 2.24) is 0 Å². The molecule has 0 saturated heterocycles. The van der Waals surface area contributed by atoms with E-state index in [1.54, 1.807) is 0 Å². The molecule has 0 aromatic rings. The van der Waals surface area contributed by atoms with E-state index in [0.29, 0.717) is 20.8 Å². The van der Waals surface area contributed by atoms with Crippen LogP contribution in [-0.2, 0) is 19.0 Å². The lowest BCUT2D eigenvalue weighted by Crippen LogP contribution is -2.68. The number of alkyl halides is 17. The monoisotopic (exact) mass is 552 g/mol. The van der Waals surface area contributed by atoms with Crippen LogP contribution in [0.5, 0.6) is 0 Å². The second-order valence-corrected chi connectivity index (χ2v) is 7.00. The van der Waals surface area contributed by atoms with Crippen molar-refractivity contribution in [3.63, 3.8) is 0 Å². The van der Waals surface area contributed by atoms with Gasteiger partial charge < -0.3 is 4.74 Å². The van der Waals surface area contributed by atoms with E-state index in [-0.39, 0.29) is 0 Å². The van der Waals surface area contributed by atoms with Crippen LogP contribution in [0, 0.1) is 0 Å². The van der Waals surface area contributed by atoms with Crippen LogP contribution in [0.4, 0.5) is 74.6 Å². The fourth-order valence-electron chi connectivity index (χ4n) is 1.49. The summed E-state index contributed by atoms with van der Waals surface area (Å²) < 4.78 is 226. The Morgan fingerprint density at radius 1 is 0.529 bits per heavy atom. The number of esters is 1. The number of halogens is 17. The van der Waals surface area contributed by atoms with Crippen molar-refractivity contribution >= 4 is 5.97 Å². The minimum absolute atomic E-state index is 0.623. The Balaban J connectivity index is 6.79. The van der Waals surface area contributed by atoms with Crippen LogP contribution in [0.3, 0.4) is 0 Å². The van der Waals surface area contributed by atoms with Gasteiger partial charge in [0.15, 0.2) is 0 Å². The molecule has 0 aliphatic rings. The van der Waals surface area contributed by atoms with Crippen LogP contribution in [0.1, 0.15) is 20.8 Å². The van der Waals surface area contributed by atoms with Gasteiger partial charge in [-0.25, -0.2) is 4.79 Å². The van der Waals surface area contributed by atoms with E-state index in [0.717, 1.165) is 0 Å². The van der Waals surface area contributed by atoms with Crippen LogP contribution in [0.2, 0.25) is 0 Å². The van der Waals surface area contributed by atoms with Gasteiger partial charge in [-0.2, -0.15) is 74.6 Å². The largest absolute Gasteiger partial charge is 0.462 e. The molecule has 0 bridgehead atoms. The molecule has 0 saturated carbocycles. The molecule has 0 amide bonds. The molecular weight excluding hydrogens is 543 g/mol. The van der Waals surface area contributed by atoms with E-state index < -0.39 is 59.9 Å². The maximum atomic E-state index is 14.1. The number of carbonyl (C=O) groups excluding carboxylic acids is 1. The van der Waals surface area contributed by atoms with Crippen molar-refractivity contribution in [3.05, 3.63) is 0 Å². The fraction of sp³-hybridized carbons (Fsp3) is 0.923. The second-order valence-electron chi connectivity index (χ2n) is 7.00. The van der Waals surface area contributed by atoms with Crippen LogP contribution in [0.25, 0.3) is 0 Å². The average molecular weight is 552 g/mol. The van der Waals surface area contributed by atoms with E-state index in [4.69, 9.17) is 0 Å². The molecule has 0 aromatic carbocycles. The first-order valence-electron chi connectivity index (χ1n) is 7.64. The maximum absolute atomic E-state index is 14.1. The van der Waals surface area contributed by atoms with Gasteiger partial charge in [-0.3, -0.25) is 9.47 Å². The SMILES string of the molecule is CC(C)(C)OC(=O)[C@@](F)(OC(F)(F)[C@](F)(OC(F)(F)C(F)(F)C(F)(F)F)C(F)(F)F)C(F)(F)F. The van der Waals surface area contributed by atoms with Gasteiger partial charge in [-0.05, 0) is 20.8 Å². The third kappa shape index (κ3) is 5.88. The van der Waals surface area contributed by atoms with Gasteiger partial charge >= 0.3 is 54.3 Å². The molecular formula is C13H9F17O4. The lowest BCUT2D eigenvalue weighted by atomic mass is 10.2. The van der Waals surface area contributed by atoms with Gasteiger partial charge in [-0.15, -0.1) is 0 Å². The van der Waals surface area contributed by atoms with E-state index in [2.05, 4.69) is 4.74 Å². The first kappa shape index (κ1) is 32.2. The highest BCUT2D eigenvalue weighted by atomic mass is 19.4. The third-order valence-corrected chi connectivity index (χ3v) is 3.02. The average Bonchev–Trinajstić information content (AvgIpc) is 2.48. The Bertz CT molecular complexity index is 746. The highest BCUT2D eigenvalue weighted by Crippen LogP contribution is 2.56. The molecule has 4 nitrogen and oxygen atoms in total. The van der Waals surface area contributed by atoms with Gasteiger partial charge in [0.25, 0.3) is 0 Å². The summed E-state index contributed by atoms with van der Waals surface area (Å²) in [6, 6.07) is 0. The van der Waals surface area contributed by atoms with E-state index in [1.165, 1.54) is 4.74 Å². The third-order valence-electron chi connectivity index (χ3n) is 3.02. The molecule has 0 radical (unpaired) electrons. The first-order chi connectivity index (χ1) is 14.3. The van der Waals surface area contributed by atoms with Crippen molar-refractivity contribution in [2.75, 3.05) is 0 Å². The second kappa shape index (κ2) is 8.40. The van der Waals surface area contributed by atoms with Crippen LogP contribution in [0.15, 0.2) is 0 Å². The van der Waals surface area contributed by atoms with Crippen molar-refractivity contribution in [3.8, 4) is 0 Å². The van der Waals surface area contributed by atoms with E-state index >= 15 is 0 Å². The topological polar surface area (TPSA) is 44.8 Å². The number of ether oxygens (including phenoxy) is 3. The molecule has 2 atom stereocenters. The van der Waals surface area contributed by atoms with Gasteiger partial charge in [0.05, 0.1) is 0 Å². The molecule has 0 fully saturated rings. The summed E-state index contributed by atoms with van der Waals surface area (Å²) in [5.74, 6) is -26.4. The molecule has 0 N–H and O–H groups in total. The molecule has 0 rings (SSSR count). The lowest BCUT2D eigenvalue weighted by molar-refractivity contribution is -0.548. The minimum atomic E-state index is -8.05. The summed E-state index contributed by atoms with van der Waals surface area (Å²) in [4.78, 5) is 11.3. The van der Waals surface area contributed by atoms with Crippen molar-refractivity contribution in [2.45, 2.75) is 74.8 Å². The standard InChI is InChI=1S/C13H9F17O4/c1-5(2,3)32-4(31)6(14,9(18,19)20)33-13(29,30)8(17,11(24,25)26)34-12(27,28)7(15,16)10(21,22)23/h1-3H3/t6-,8-/m1/s1. The Labute approximate surface area is 175 Å². The molecule has 0 unspecified atom stereocenters. The van der Waals surface area contributed by atoms with Crippen LogP contribution in [-0.4, -0.2) is 59.9 Å². The Kier molecular flexibility index (Phi) is 7.96.